The molecule has 1 aromatic rings. The van der Waals surface area contributed by atoms with Crippen LogP contribution in [-0.4, -0.2) is 12.1 Å². The minimum atomic E-state index is -2.72. The largest absolute Gasteiger partial charge is 0.493 e. The van der Waals surface area contributed by atoms with Crippen LogP contribution in [0.25, 0.3) is 0 Å². The summed E-state index contributed by atoms with van der Waals surface area (Å²) in [6.07, 6.45) is -2.72. The maximum atomic E-state index is 12.6. The number of pyridine rings is 1. The van der Waals surface area contributed by atoms with Crippen molar-refractivity contribution in [2.75, 3.05) is 7.11 Å². The summed E-state index contributed by atoms with van der Waals surface area (Å²) in [4.78, 5) is 3.77. The number of alkyl halides is 3. The van der Waals surface area contributed by atoms with Gasteiger partial charge in [0.1, 0.15) is 6.07 Å². The van der Waals surface area contributed by atoms with Gasteiger partial charge in [-0.25, -0.2) is 13.8 Å². The Morgan fingerprint density at radius 3 is 2.73 bits per heavy atom. The number of ether oxygens (including phenoxy) is 1. The molecular weight excluding hydrogens is 226 g/mol. The molecule has 0 spiro atoms. The number of nitrogens with zero attached hydrogens (tertiary/aromatic N) is 2. The number of methoxy groups -OCH3 is 1. The topological polar surface area (TPSA) is 45.9 Å². The Morgan fingerprint density at radius 2 is 2.33 bits per heavy atom. The molecule has 15 heavy (non-hydrogen) atoms. The Kier molecular flexibility index (Phi) is 3.81. The van der Waals surface area contributed by atoms with Gasteiger partial charge in [0, 0.05) is 0 Å². The number of rotatable bonds is 3. The molecule has 1 aromatic heterocycles. The van der Waals surface area contributed by atoms with E-state index in [-0.39, 0.29) is 28.6 Å². The van der Waals surface area contributed by atoms with Gasteiger partial charge in [-0.2, -0.15) is 5.26 Å². The molecule has 0 radical (unpaired) electrons. The summed E-state index contributed by atoms with van der Waals surface area (Å²) in [5.74, 6) is -0.223. The van der Waals surface area contributed by atoms with Crippen LogP contribution in [-0.2, 0) is 5.88 Å². The first kappa shape index (κ1) is 11.7. The molecule has 0 fully saturated rings. The van der Waals surface area contributed by atoms with Gasteiger partial charge >= 0.3 is 0 Å². The predicted octanol–water partition coefficient (Wildman–Crippen LogP) is 2.64. The molecule has 0 amide bonds. The second kappa shape index (κ2) is 4.89. The summed E-state index contributed by atoms with van der Waals surface area (Å²) in [7, 11) is 1.21. The van der Waals surface area contributed by atoms with Gasteiger partial charge in [-0.15, -0.1) is 11.6 Å². The lowest BCUT2D eigenvalue weighted by Crippen LogP contribution is -2.01. The number of hydrogen-bond acceptors (Lipinski definition) is 3. The van der Waals surface area contributed by atoms with Crippen molar-refractivity contribution < 1.29 is 13.5 Å². The van der Waals surface area contributed by atoms with E-state index in [4.69, 9.17) is 21.6 Å². The third kappa shape index (κ3) is 2.34. The van der Waals surface area contributed by atoms with Crippen LogP contribution in [0.3, 0.4) is 0 Å². The molecule has 0 aliphatic carbocycles. The third-order valence-electron chi connectivity index (χ3n) is 1.74. The van der Waals surface area contributed by atoms with Crippen LogP contribution in [0.5, 0.6) is 5.75 Å². The highest BCUT2D eigenvalue weighted by Gasteiger charge is 2.19. The summed E-state index contributed by atoms with van der Waals surface area (Å²) in [5.41, 5.74) is -0.310. The Hall–Kier alpha value is -1.41. The van der Waals surface area contributed by atoms with Crippen molar-refractivity contribution in [3.05, 3.63) is 23.0 Å². The van der Waals surface area contributed by atoms with E-state index in [9.17, 15) is 8.78 Å². The second-order valence-corrected chi connectivity index (χ2v) is 2.90. The maximum absolute atomic E-state index is 12.6. The van der Waals surface area contributed by atoms with E-state index in [0.717, 1.165) is 6.07 Å². The highest BCUT2D eigenvalue weighted by Crippen LogP contribution is 2.31. The monoisotopic (exact) mass is 232 g/mol. The first-order valence-electron chi connectivity index (χ1n) is 3.96. The molecule has 0 N–H and O–H groups in total. The van der Waals surface area contributed by atoms with E-state index in [1.807, 2.05) is 0 Å². The zero-order chi connectivity index (χ0) is 11.4. The summed E-state index contributed by atoms with van der Waals surface area (Å²) < 4.78 is 29.9. The molecule has 0 aromatic carbocycles. The summed E-state index contributed by atoms with van der Waals surface area (Å²) in [5, 5.41) is 8.70. The van der Waals surface area contributed by atoms with Gasteiger partial charge in [0.25, 0.3) is 6.43 Å². The van der Waals surface area contributed by atoms with Crippen molar-refractivity contribution >= 4 is 11.6 Å². The van der Waals surface area contributed by atoms with Crippen molar-refractivity contribution in [1.82, 2.24) is 4.98 Å². The highest BCUT2D eigenvalue weighted by molar-refractivity contribution is 6.16. The molecule has 0 aliphatic heterocycles. The van der Waals surface area contributed by atoms with Gasteiger partial charge in [0.05, 0.1) is 24.2 Å². The van der Waals surface area contributed by atoms with Crippen LogP contribution in [0.2, 0.25) is 0 Å². The molecule has 80 valence electrons. The Morgan fingerprint density at radius 1 is 1.67 bits per heavy atom. The quantitative estimate of drug-likeness (QED) is 0.753. The lowest BCUT2D eigenvalue weighted by Gasteiger charge is -2.09. The first-order valence-corrected chi connectivity index (χ1v) is 4.49. The fourth-order valence-corrected chi connectivity index (χ4v) is 1.27. The Bertz CT molecular complexity index is 404. The van der Waals surface area contributed by atoms with Crippen molar-refractivity contribution in [2.45, 2.75) is 12.3 Å². The average molecular weight is 233 g/mol. The minimum absolute atomic E-state index is 0.0294. The van der Waals surface area contributed by atoms with Crippen LogP contribution >= 0.6 is 11.6 Å². The SMILES string of the molecule is COc1c(C(F)F)cc(CCl)nc1C#N. The molecule has 1 rings (SSSR count). The molecule has 0 unspecified atom stereocenters. The Balaban J connectivity index is 3.41. The molecule has 6 heteroatoms. The minimum Gasteiger partial charge on any atom is -0.493 e. The molecule has 0 bridgehead atoms. The zero-order valence-corrected chi connectivity index (χ0v) is 8.55. The van der Waals surface area contributed by atoms with Crippen molar-refractivity contribution in [3.63, 3.8) is 0 Å². The first-order chi connectivity index (χ1) is 7.13. The van der Waals surface area contributed by atoms with Crippen LogP contribution in [0, 0.1) is 11.3 Å². The van der Waals surface area contributed by atoms with E-state index >= 15 is 0 Å². The number of aromatic nitrogens is 1. The van der Waals surface area contributed by atoms with Gasteiger partial charge in [-0.1, -0.05) is 0 Å². The smallest absolute Gasteiger partial charge is 0.267 e. The van der Waals surface area contributed by atoms with Crippen molar-refractivity contribution in [3.8, 4) is 11.8 Å². The number of nitriles is 1. The second-order valence-electron chi connectivity index (χ2n) is 2.63. The van der Waals surface area contributed by atoms with Crippen molar-refractivity contribution in [1.29, 1.82) is 5.26 Å². The van der Waals surface area contributed by atoms with E-state index in [0.29, 0.717) is 0 Å². The molecule has 1 heterocycles. The third-order valence-corrected chi connectivity index (χ3v) is 2.01. The molecule has 0 atom stereocenters. The van der Waals surface area contributed by atoms with Gasteiger partial charge < -0.3 is 4.74 Å². The predicted molar refractivity (Wildman–Crippen MR) is 50.0 cm³/mol. The van der Waals surface area contributed by atoms with Gasteiger partial charge in [-0.05, 0) is 6.07 Å². The fourth-order valence-electron chi connectivity index (χ4n) is 1.13. The standard InChI is InChI=1S/C9H7ClF2N2O/c1-15-8-6(9(11)12)2-5(3-10)14-7(8)4-13/h2,9H,3H2,1H3. The van der Waals surface area contributed by atoms with E-state index < -0.39 is 6.43 Å². The van der Waals surface area contributed by atoms with Crippen LogP contribution in [0.1, 0.15) is 23.4 Å². The van der Waals surface area contributed by atoms with Crippen LogP contribution in [0.15, 0.2) is 6.07 Å². The number of hydrogen-bond donors (Lipinski definition) is 0. The lowest BCUT2D eigenvalue weighted by atomic mass is 10.2. The molecule has 0 aliphatic rings. The van der Waals surface area contributed by atoms with Crippen molar-refractivity contribution in [2.24, 2.45) is 0 Å². The summed E-state index contributed by atoms with van der Waals surface area (Å²) in [6, 6.07) is 2.82. The highest BCUT2D eigenvalue weighted by atomic mass is 35.5. The van der Waals surface area contributed by atoms with Crippen LogP contribution in [0.4, 0.5) is 8.78 Å². The molecule has 0 saturated carbocycles. The van der Waals surface area contributed by atoms with Gasteiger partial charge in [0.15, 0.2) is 11.4 Å². The molecule has 3 nitrogen and oxygen atoms in total. The van der Waals surface area contributed by atoms with E-state index in [2.05, 4.69) is 4.98 Å². The Labute approximate surface area is 90.3 Å². The van der Waals surface area contributed by atoms with Gasteiger partial charge in [0.2, 0.25) is 0 Å². The molecule has 0 saturated heterocycles. The van der Waals surface area contributed by atoms with Gasteiger partial charge in [-0.3, -0.25) is 0 Å². The normalized spacial score (nSPS) is 10.1. The van der Waals surface area contributed by atoms with Crippen LogP contribution < -0.4 is 4.74 Å². The average Bonchev–Trinajstić information content (AvgIpc) is 2.26. The number of halogens is 3. The van der Waals surface area contributed by atoms with E-state index in [1.165, 1.54) is 7.11 Å². The fraction of sp³-hybridized carbons (Fsp3) is 0.333. The summed E-state index contributed by atoms with van der Waals surface area (Å²) >= 11 is 5.47. The zero-order valence-electron chi connectivity index (χ0n) is 7.80. The maximum Gasteiger partial charge on any atom is 0.267 e. The lowest BCUT2D eigenvalue weighted by molar-refractivity contribution is 0.146. The summed E-state index contributed by atoms with van der Waals surface area (Å²) in [6.45, 7) is 0. The van der Waals surface area contributed by atoms with E-state index in [1.54, 1.807) is 6.07 Å². The molecular formula is C9H7ClF2N2O.